The summed E-state index contributed by atoms with van der Waals surface area (Å²) < 4.78 is 7.13. The fourth-order valence-electron chi connectivity index (χ4n) is 4.87. The molecule has 4 rings (SSSR count). The van der Waals surface area contributed by atoms with E-state index >= 15 is 0 Å². The van der Waals surface area contributed by atoms with Crippen molar-refractivity contribution in [1.29, 1.82) is 0 Å². The van der Waals surface area contributed by atoms with E-state index in [-0.39, 0.29) is 30.2 Å². The number of imidazole rings is 1. The van der Waals surface area contributed by atoms with Gasteiger partial charge in [0, 0.05) is 38.2 Å². The lowest BCUT2D eigenvalue weighted by Gasteiger charge is -2.35. The molecule has 1 aliphatic heterocycles. The van der Waals surface area contributed by atoms with E-state index in [9.17, 15) is 14.4 Å². The molecule has 3 aromatic rings. The molecule has 0 spiro atoms. The number of ether oxygens (including phenoxy) is 1. The first-order valence-electron chi connectivity index (χ1n) is 12.7. The number of fused-ring (bicyclic) bond motifs is 1. The second-order valence-corrected chi connectivity index (χ2v) is 9.20. The predicted octanol–water partition coefficient (Wildman–Crippen LogP) is 4.46. The summed E-state index contributed by atoms with van der Waals surface area (Å²) in [6.07, 6.45) is 3.72. The highest BCUT2D eigenvalue weighted by molar-refractivity contribution is 6.08. The summed E-state index contributed by atoms with van der Waals surface area (Å²) in [5.74, 6) is 0.245. The van der Waals surface area contributed by atoms with E-state index in [0.717, 1.165) is 36.2 Å². The molecule has 0 radical (unpaired) electrons. The Bertz CT molecular complexity index is 1250. The number of hydrogen-bond donors (Lipinski definition) is 1. The zero-order chi connectivity index (χ0) is 25.7. The summed E-state index contributed by atoms with van der Waals surface area (Å²) in [7, 11) is 1.92. The van der Waals surface area contributed by atoms with Gasteiger partial charge in [0.2, 0.25) is 5.91 Å². The molecule has 1 aliphatic rings. The molecule has 1 atom stereocenters. The van der Waals surface area contributed by atoms with Crippen LogP contribution < -0.4 is 5.32 Å². The van der Waals surface area contributed by atoms with Gasteiger partial charge < -0.3 is 19.5 Å². The van der Waals surface area contributed by atoms with Crippen molar-refractivity contribution in [2.45, 2.75) is 58.4 Å². The first-order chi connectivity index (χ1) is 17.4. The third-order valence-corrected chi connectivity index (χ3v) is 6.70. The molecule has 0 aliphatic carbocycles. The normalized spacial score (nSPS) is 15.6. The highest BCUT2D eigenvalue weighted by atomic mass is 16.5. The molecule has 0 bridgehead atoms. The van der Waals surface area contributed by atoms with Gasteiger partial charge in [-0.3, -0.25) is 14.4 Å². The summed E-state index contributed by atoms with van der Waals surface area (Å²) in [4.78, 5) is 45.1. The maximum absolute atomic E-state index is 14.0. The van der Waals surface area contributed by atoms with Crippen LogP contribution in [0.15, 0.2) is 42.5 Å². The van der Waals surface area contributed by atoms with E-state index < -0.39 is 0 Å². The van der Waals surface area contributed by atoms with Crippen molar-refractivity contribution >= 4 is 34.5 Å². The number of rotatable bonds is 8. The number of carbonyl (C=O) groups is 3. The summed E-state index contributed by atoms with van der Waals surface area (Å²) in [5.41, 5.74) is 3.51. The van der Waals surface area contributed by atoms with Gasteiger partial charge in [-0.1, -0.05) is 37.3 Å². The van der Waals surface area contributed by atoms with Crippen LogP contribution in [0.4, 0.5) is 5.69 Å². The topological polar surface area (TPSA) is 93.5 Å². The van der Waals surface area contributed by atoms with Crippen molar-refractivity contribution in [3.8, 4) is 0 Å². The lowest BCUT2D eigenvalue weighted by molar-refractivity contribution is -0.144. The zero-order valence-corrected chi connectivity index (χ0v) is 21.3. The number of esters is 1. The van der Waals surface area contributed by atoms with Gasteiger partial charge in [0.15, 0.2) is 0 Å². The fourth-order valence-corrected chi connectivity index (χ4v) is 4.87. The van der Waals surface area contributed by atoms with E-state index in [1.165, 1.54) is 0 Å². The Morgan fingerprint density at radius 1 is 1.11 bits per heavy atom. The Morgan fingerprint density at radius 2 is 1.89 bits per heavy atom. The van der Waals surface area contributed by atoms with Gasteiger partial charge in [0.1, 0.15) is 5.82 Å². The predicted molar refractivity (Wildman–Crippen MR) is 139 cm³/mol. The SMILES string of the molecule is CCOC(=O)C[C@@H]1CCCCN1C(=O)c1cc(NC(=O)CC)cc2nc(Cc3ccccc3)n(C)c12. The van der Waals surface area contributed by atoms with Crippen LogP contribution in [0.1, 0.15) is 67.7 Å². The van der Waals surface area contributed by atoms with Crippen LogP contribution in [0.3, 0.4) is 0 Å². The minimum absolute atomic E-state index is 0.133. The number of nitrogens with zero attached hydrogens (tertiary/aromatic N) is 3. The molecule has 0 unspecified atom stereocenters. The van der Waals surface area contributed by atoms with Crippen molar-refractivity contribution in [3.05, 3.63) is 59.4 Å². The standard InChI is InChI=1S/C28H34N4O4/c1-4-25(33)29-20-16-22(28(35)32-14-10-9-13-21(32)18-26(34)36-5-2)27-23(17-20)30-24(31(27)3)15-19-11-7-6-8-12-19/h6-8,11-12,16-17,21H,4-5,9-10,13-15,18H2,1-3H3,(H,29,33)/t21-/m0/s1. The van der Waals surface area contributed by atoms with E-state index in [1.54, 1.807) is 24.8 Å². The number of amides is 2. The monoisotopic (exact) mass is 490 g/mol. The molecule has 1 N–H and O–H groups in total. The number of nitrogens with one attached hydrogen (secondary N) is 1. The summed E-state index contributed by atoms with van der Waals surface area (Å²) >= 11 is 0. The van der Waals surface area contributed by atoms with Gasteiger partial charge in [-0.2, -0.15) is 0 Å². The molecule has 1 saturated heterocycles. The van der Waals surface area contributed by atoms with Gasteiger partial charge in [-0.25, -0.2) is 4.98 Å². The van der Waals surface area contributed by atoms with Crippen LogP contribution in [-0.4, -0.2) is 51.4 Å². The third kappa shape index (κ3) is 5.58. The molecular formula is C28H34N4O4. The fraction of sp³-hybridized carbons (Fsp3) is 0.429. The van der Waals surface area contributed by atoms with Crippen LogP contribution >= 0.6 is 0 Å². The zero-order valence-electron chi connectivity index (χ0n) is 21.3. The van der Waals surface area contributed by atoms with Crippen LogP contribution in [0.25, 0.3) is 11.0 Å². The number of aryl methyl sites for hydroxylation is 1. The molecule has 190 valence electrons. The molecule has 0 saturated carbocycles. The van der Waals surface area contributed by atoms with E-state index in [0.29, 0.717) is 42.8 Å². The van der Waals surface area contributed by atoms with Gasteiger partial charge in [-0.05, 0) is 43.9 Å². The Morgan fingerprint density at radius 3 is 2.61 bits per heavy atom. The third-order valence-electron chi connectivity index (χ3n) is 6.70. The van der Waals surface area contributed by atoms with Gasteiger partial charge in [0.05, 0.1) is 29.6 Å². The minimum atomic E-state index is -0.290. The largest absolute Gasteiger partial charge is 0.466 e. The van der Waals surface area contributed by atoms with E-state index in [4.69, 9.17) is 9.72 Å². The van der Waals surface area contributed by atoms with Crippen LogP contribution in [0.2, 0.25) is 0 Å². The summed E-state index contributed by atoms with van der Waals surface area (Å²) in [6.45, 7) is 4.46. The first kappa shape index (κ1) is 25.4. The van der Waals surface area contributed by atoms with Crippen LogP contribution in [0, 0.1) is 0 Å². The van der Waals surface area contributed by atoms with Gasteiger partial charge >= 0.3 is 5.97 Å². The van der Waals surface area contributed by atoms with Crippen molar-refractivity contribution in [3.63, 3.8) is 0 Å². The van der Waals surface area contributed by atoms with Gasteiger partial charge in [0.25, 0.3) is 5.91 Å². The van der Waals surface area contributed by atoms with E-state index in [2.05, 4.69) is 5.32 Å². The molecule has 8 nitrogen and oxygen atoms in total. The van der Waals surface area contributed by atoms with Crippen LogP contribution in [0.5, 0.6) is 0 Å². The Kier molecular flexibility index (Phi) is 8.03. The molecule has 36 heavy (non-hydrogen) atoms. The number of hydrogen-bond acceptors (Lipinski definition) is 5. The van der Waals surface area contributed by atoms with Crippen molar-refractivity contribution in [2.24, 2.45) is 7.05 Å². The lowest BCUT2D eigenvalue weighted by atomic mass is 9.97. The molecule has 2 aromatic carbocycles. The number of carbonyl (C=O) groups excluding carboxylic acids is 3. The van der Waals surface area contributed by atoms with E-state index in [1.807, 2.05) is 48.0 Å². The molecular weight excluding hydrogens is 456 g/mol. The maximum Gasteiger partial charge on any atom is 0.307 e. The molecule has 2 amide bonds. The lowest BCUT2D eigenvalue weighted by Crippen LogP contribution is -2.45. The van der Waals surface area contributed by atoms with Crippen LogP contribution in [-0.2, 0) is 27.8 Å². The quantitative estimate of drug-likeness (QED) is 0.471. The molecule has 8 heteroatoms. The average molecular weight is 491 g/mol. The molecule has 1 fully saturated rings. The Hall–Kier alpha value is -3.68. The minimum Gasteiger partial charge on any atom is -0.466 e. The average Bonchev–Trinajstić information content (AvgIpc) is 3.18. The number of aromatic nitrogens is 2. The highest BCUT2D eigenvalue weighted by Crippen LogP contribution is 2.30. The van der Waals surface area contributed by atoms with Crippen molar-refractivity contribution in [2.75, 3.05) is 18.5 Å². The summed E-state index contributed by atoms with van der Waals surface area (Å²) in [5, 5.41) is 2.89. The Balaban J connectivity index is 1.75. The van der Waals surface area contributed by atoms with Gasteiger partial charge in [-0.15, -0.1) is 0 Å². The second-order valence-electron chi connectivity index (χ2n) is 9.20. The highest BCUT2D eigenvalue weighted by Gasteiger charge is 2.31. The first-order valence-corrected chi connectivity index (χ1v) is 12.7. The molecule has 2 heterocycles. The summed E-state index contributed by atoms with van der Waals surface area (Å²) in [6, 6.07) is 13.4. The number of likely N-dealkylation sites (tertiary alicyclic amines) is 1. The number of piperidine rings is 1. The maximum atomic E-state index is 14.0. The second kappa shape index (κ2) is 11.4. The van der Waals surface area contributed by atoms with Crippen molar-refractivity contribution in [1.82, 2.24) is 14.5 Å². The smallest absolute Gasteiger partial charge is 0.307 e. The van der Waals surface area contributed by atoms with Crippen molar-refractivity contribution < 1.29 is 19.1 Å². The Labute approximate surface area is 211 Å². The molecule has 1 aromatic heterocycles. The number of anilines is 1. The number of benzene rings is 2.